The second-order valence-corrected chi connectivity index (χ2v) is 44.7. The van der Waals surface area contributed by atoms with Gasteiger partial charge in [-0.1, -0.05) is 426 Å². The maximum atomic E-state index is 3.11. The van der Waals surface area contributed by atoms with E-state index in [2.05, 4.69) is 144 Å². The first-order valence-corrected chi connectivity index (χ1v) is 54.4. The van der Waals surface area contributed by atoms with Crippen molar-refractivity contribution in [2.24, 2.45) is 189 Å². The Balaban J connectivity index is -0.00000918. The van der Waals surface area contributed by atoms with Crippen molar-refractivity contribution in [3.63, 3.8) is 0 Å². The third-order valence-corrected chi connectivity index (χ3v) is 37.4. The Morgan fingerprint density at radius 2 is 0.212 bits per heavy atom. The molecule has 716 valence electrons. The van der Waals surface area contributed by atoms with Crippen molar-refractivity contribution >= 4 is 0 Å². The first kappa shape index (κ1) is 154. The molecular formula is C116H188Y16-16. The van der Waals surface area contributed by atoms with Crippen LogP contribution < -0.4 is 0 Å². The summed E-state index contributed by atoms with van der Waals surface area (Å²) in [6, 6.07) is 0. The van der Waals surface area contributed by atoms with Crippen molar-refractivity contribution < 1.29 is 523 Å². The molecule has 0 aromatic carbocycles. The maximum Gasteiger partial charge on any atom is 0 e. The van der Waals surface area contributed by atoms with Crippen LogP contribution in [0.1, 0.15) is 426 Å². The first-order chi connectivity index (χ1) is 57.3. The van der Waals surface area contributed by atoms with Crippen LogP contribution in [0, 0.1) is 292 Å². The van der Waals surface area contributed by atoms with Crippen LogP contribution in [-0.4, -0.2) is 0 Å². The molecule has 9 unspecified atom stereocenters. The molecule has 0 aromatic heterocycles. The molecule has 132 heavy (non-hydrogen) atoms. The van der Waals surface area contributed by atoms with E-state index < -0.39 is 0 Å². The molecule has 0 aromatic rings. The molecule has 36 aliphatic rings. The average molecular weight is 3010 g/mol. The van der Waals surface area contributed by atoms with Crippen LogP contribution >= 0.6 is 0 Å². The van der Waals surface area contributed by atoms with Gasteiger partial charge in [-0.2, -0.15) is 189 Å². The van der Waals surface area contributed by atoms with E-state index in [-0.39, 0.29) is 523 Å². The zero-order chi connectivity index (χ0) is 79.6. The average Bonchev–Trinajstić information content (AvgIpc) is 0.816. The van der Waals surface area contributed by atoms with Crippen molar-refractivity contribution in [2.75, 3.05) is 0 Å². The van der Waals surface area contributed by atoms with Crippen molar-refractivity contribution in [3.8, 4) is 0 Å². The monoisotopic (exact) mass is 3000 g/mol. The second kappa shape index (κ2) is 88.0. The molecule has 32 atom stereocenters. The Labute approximate surface area is 1230 Å². The minimum atomic E-state index is 0. The van der Waals surface area contributed by atoms with Gasteiger partial charge in [-0.05, 0) is 0 Å². The largest absolute Gasteiger partial charge is 0.327 e. The van der Waals surface area contributed by atoms with Gasteiger partial charge in [0.1, 0.15) is 0 Å². The van der Waals surface area contributed by atoms with Crippen LogP contribution in [0.25, 0.3) is 0 Å². The summed E-state index contributed by atoms with van der Waals surface area (Å²) < 4.78 is 0. The van der Waals surface area contributed by atoms with Crippen LogP contribution in [0.4, 0.5) is 0 Å². The van der Waals surface area contributed by atoms with Gasteiger partial charge in [-0.3, -0.25) is 0 Å². The smallest absolute Gasteiger partial charge is 0 e. The molecule has 0 amide bonds. The Morgan fingerprint density at radius 3 is 0.303 bits per heavy atom. The molecule has 36 saturated carbocycles. The summed E-state index contributed by atoms with van der Waals surface area (Å²) in [7, 11) is 0. The van der Waals surface area contributed by atoms with Crippen LogP contribution in [-0.2, 0) is 523 Å². The third kappa shape index (κ3) is 49.2. The van der Waals surface area contributed by atoms with Gasteiger partial charge in [0.15, 0.2) is 0 Å². The van der Waals surface area contributed by atoms with Gasteiger partial charge >= 0.3 is 0 Å². The normalized spacial score (nSPS) is 39.9. The van der Waals surface area contributed by atoms with E-state index in [4.69, 9.17) is 0 Å². The Kier molecular flexibility index (Phi) is 102. The third-order valence-electron chi connectivity index (χ3n) is 37.4. The van der Waals surface area contributed by atoms with Crippen LogP contribution in [0.2, 0.25) is 0 Å². The predicted octanol–water partition coefficient (Wildman–Crippen LogP) is 34.2. The molecule has 0 spiro atoms. The molecule has 0 heterocycles. The first-order valence-electron chi connectivity index (χ1n) is 54.4. The van der Waals surface area contributed by atoms with E-state index in [0.29, 0.717) is 0 Å². The standard InChI is InChI=1S/C114H184.C2H4.16Y/c1-5-37-85-69-87-39-9-11-43-91-71-97-49-21-23-53-101-77-103-55-25-27-59-107-79-113-65-35-36-66-114-80-108-60-28-26-56-104-78-102-54-24-22-50-98-72-92-44-12-10-40-88-70-86(38-6-2)90(68-84(88)8-4)42-14-16-46-94(98)74-96(92)48-18-20-52-100(104)76-106(102)58-30-32-62-110(114)82-112(108)64-34-33-63-111(107)81-109(113)61-31-29-57-105(101)75-99(103)51-19-17-47-95(91)73-93(97)45-15-13-41-89(85)67-83(87)7-3;1-2;;;;;;;;;;;;;;;;/h67-114H,5-66H2,1-4H3;1-2H2;;;;;;;;;;;;;;;;/q-16;;;;;;;;;;;;;;;;;/t83-,84-,85+,86?,87-,88?,89+,90+,91?,92-,93+,94+,95-,96-,97+,98?,99-,100-,101?,102?,103?,104?,105+,106+,107-,108-,109+,110+,111-,112-,113+,114?;;;;;;;;;;;;;;;;;/m0................./s1. The van der Waals surface area contributed by atoms with E-state index in [1.54, 1.807) is 0 Å². The summed E-state index contributed by atoms with van der Waals surface area (Å²) in [6.45, 7) is 15.9. The quantitative estimate of drug-likeness (QED) is 0.184. The zero-order valence-corrected chi connectivity index (χ0v) is 132. The van der Waals surface area contributed by atoms with Gasteiger partial charge < -0.3 is 103 Å². The summed E-state index contributed by atoms with van der Waals surface area (Å²) in [5, 5.41) is 0. The van der Waals surface area contributed by atoms with Gasteiger partial charge in [0.25, 0.3) is 0 Å². The molecule has 36 rings (SSSR count). The minimum absolute atomic E-state index is 0. The molecule has 36 aliphatic carbocycles. The van der Waals surface area contributed by atoms with Gasteiger partial charge in [-0.25, -0.2) is 0 Å². The Morgan fingerprint density at radius 1 is 0.129 bits per heavy atom. The summed E-state index contributed by atoms with van der Waals surface area (Å²) in [5.41, 5.74) is 0. The fourth-order valence-corrected chi connectivity index (χ4v) is 31.1. The Hall–Kier alpha value is 17.4. The second-order valence-electron chi connectivity index (χ2n) is 44.7. The molecule has 16 heteroatoms. The molecule has 36 fully saturated rings. The fraction of sp³-hybridized carbons (Fsp3) is 0.845. The van der Waals surface area contributed by atoms with Crippen molar-refractivity contribution in [1.29, 1.82) is 0 Å². The van der Waals surface area contributed by atoms with Crippen molar-refractivity contribution in [2.45, 2.75) is 426 Å². The summed E-state index contributed by atoms with van der Waals surface area (Å²) in [4.78, 5) is 0. The number of rotatable bonds is 6. The van der Waals surface area contributed by atoms with Gasteiger partial charge in [0.05, 0.1) is 0 Å². The molecule has 28 bridgehead atoms. The van der Waals surface area contributed by atoms with Gasteiger partial charge in [0.2, 0.25) is 0 Å². The molecule has 0 N–H and O–H groups in total. The van der Waals surface area contributed by atoms with Crippen molar-refractivity contribution in [3.05, 3.63) is 116 Å². The minimum Gasteiger partial charge on any atom is -0.327 e. The number of hydrogen-bond donors (Lipinski definition) is 0. The molecule has 0 aliphatic heterocycles. The summed E-state index contributed by atoms with van der Waals surface area (Å²) in [5.74, 6) is 26.6. The molecular weight excluding hydrogens is 2820 g/mol. The fourth-order valence-electron chi connectivity index (χ4n) is 31.1. The van der Waals surface area contributed by atoms with E-state index >= 15 is 0 Å². The Bertz CT molecular complexity index is 2500. The van der Waals surface area contributed by atoms with E-state index in [9.17, 15) is 0 Å². The van der Waals surface area contributed by atoms with Gasteiger partial charge in [-0.15, -0.1) is 13.2 Å². The topological polar surface area (TPSA) is 0 Å². The maximum absolute atomic E-state index is 3.11. The predicted molar refractivity (Wildman–Crippen MR) is 501 cm³/mol. The van der Waals surface area contributed by atoms with E-state index in [1.165, 1.54) is 398 Å². The van der Waals surface area contributed by atoms with Crippen LogP contribution in [0.15, 0.2) is 13.2 Å². The SMILES string of the molecule is C=C.CCCC1[CH-]C2CCCC[C@H]3[CH-]C4CCCCC5[CH-]C6CCCC[C@H]7[CH-]C8CCCC[C@@H]9[CH-][C@@H]%10CCCCC%11[CH-]C%12CCCC[C@@H]%13[CH-]C%14CCCC[C@H]%15[CH-][C@@H](CCC)[C@@H]([CH-][C@@H]%15CC)CCCC[C@@H]%13[CH-][C@@H]%14CCCC[C@H]%11[CH-][C@H]%12CCCC[C@@H]9[CH-][C@@H]%10CCCC[C@H]7[CH-][C@H]8CCCC[C@@H]5[CH-][C@@H]6CCCC[C@H]3[CH-][C@H]4CCCC[C@@H]1[CH-][C@@H]2CC.[Y].[Y].[Y].[Y].[Y].[Y].[Y].[Y].[Y].[Y].[Y].[Y].[Y].[Y].[Y].[Y]. The molecule has 0 nitrogen and oxygen atoms in total. The summed E-state index contributed by atoms with van der Waals surface area (Å²) >= 11 is 0. The van der Waals surface area contributed by atoms with E-state index in [0.717, 1.165) is 189 Å². The number of hydrogen-bond acceptors (Lipinski definition) is 0. The summed E-state index contributed by atoms with van der Waals surface area (Å²) in [6.07, 6.45) is 139. The zero-order valence-electron chi connectivity index (χ0n) is 86.2. The molecule has 16 radical (unpaired) electrons. The van der Waals surface area contributed by atoms with Gasteiger partial charge in [0, 0.05) is 523 Å². The van der Waals surface area contributed by atoms with E-state index in [1.807, 2.05) is 0 Å². The van der Waals surface area contributed by atoms with Crippen LogP contribution in [0.5, 0.6) is 0 Å². The molecule has 0 saturated heterocycles. The van der Waals surface area contributed by atoms with Crippen molar-refractivity contribution in [1.82, 2.24) is 0 Å². The van der Waals surface area contributed by atoms with Crippen LogP contribution in [0.3, 0.4) is 0 Å².